The second-order valence-corrected chi connectivity index (χ2v) is 7.89. The van der Waals surface area contributed by atoms with Crippen molar-refractivity contribution < 1.29 is 9.47 Å². The summed E-state index contributed by atoms with van der Waals surface area (Å²) in [6.07, 6.45) is 2.11. The van der Waals surface area contributed by atoms with Crippen LogP contribution in [0.2, 0.25) is 0 Å². The Labute approximate surface area is 160 Å². The summed E-state index contributed by atoms with van der Waals surface area (Å²) in [5.41, 5.74) is 2.54. The number of benzene rings is 1. The maximum absolute atomic E-state index is 11.8. The molecule has 0 spiro atoms. The van der Waals surface area contributed by atoms with E-state index < -0.39 is 0 Å². The van der Waals surface area contributed by atoms with Crippen molar-refractivity contribution >= 4 is 0 Å². The van der Waals surface area contributed by atoms with Gasteiger partial charge >= 0.3 is 0 Å². The van der Waals surface area contributed by atoms with Crippen molar-refractivity contribution in [3.8, 4) is 11.4 Å². The lowest BCUT2D eigenvalue weighted by atomic mass is 9.93. The molecule has 3 rings (SSSR count). The topological polar surface area (TPSA) is 67.5 Å². The van der Waals surface area contributed by atoms with E-state index in [2.05, 4.69) is 47.9 Å². The largest absolute Gasteiger partial charge is 0.378 e. The van der Waals surface area contributed by atoms with Gasteiger partial charge in [0.2, 0.25) is 0 Å². The van der Waals surface area contributed by atoms with Crippen LogP contribution in [0, 0.1) is 0 Å². The highest BCUT2D eigenvalue weighted by Crippen LogP contribution is 2.27. The van der Waals surface area contributed by atoms with E-state index in [1.807, 2.05) is 12.1 Å². The summed E-state index contributed by atoms with van der Waals surface area (Å²) >= 11 is 0. The quantitative estimate of drug-likeness (QED) is 0.846. The Morgan fingerprint density at radius 3 is 2.74 bits per heavy atom. The zero-order valence-electron chi connectivity index (χ0n) is 16.6. The molecule has 1 aliphatic heterocycles. The summed E-state index contributed by atoms with van der Waals surface area (Å²) in [7, 11) is 3.76. The summed E-state index contributed by atoms with van der Waals surface area (Å²) in [5.74, 6) is 0.570. The van der Waals surface area contributed by atoms with Gasteiger partial charge in [0.1, 0.15) is 5.82 Å². The minimum atomic E-state index is -0.169. The van der Waals surface area contributed by atoms with E-state index in [0.717, 1.165) is 31.6 Å². The summed E-state index contributed by atoms with van der Waals surface area (Å²) in [6.45, 7) is 6.34. The van der Waals surface area contributed by atoms with Crippen LogP contribution < -0.4 is 5.56 Å². The van der Waals surface area contributed by atoms with Crippen LogP contribution >= 0.6 is 0 Å². The van der Waals surface area contributed by atoms with Crippen molar-refractivity contribution in [2.45, 2.75) is 51.5 Å². The molecule has 1 fully saturated rings. The molecule has 27 heavy (non-hydrogen) atoms. The molecule has 0 radical (unpaired) electrons. The van der Waals surface area contributed by atoms with Gasteiger partial charge in [-0.25, -0.2) is 4.98 Å². The lowest BCUT2D eigenvalue weighted by Gasteiger charge is -2.39. The van der Waals surface area contributed by atoms with Gasteiger partial charge in [-0.1, -0.05) is 24.3 Å². The first-order valence-corrected chi connectivity index (χ1v) is 9.39. The van der Waals surface area contributed by atoms with Crippen LogP contribution in [0.4, 0.5) is 0 Å². The summed E-state index contributed by atoms with van der Waals surface area (Å²) in [4.78, 5) is 21.5. The highest BCUT2D eigenvalue weighted by Gasteiger charge is 2.30. The highest BCUT2D eigenvalue weighted by molar-refractivity contribution is 5.55. The van der Waals surface area contributed by atoms with Crippen molar-refractivity contribution in [2.75, 3.05) is 20.8 Å². The fraction of sp³-hybridized carbons (Fsp3) is 0.524. The Kier molecular flexibility index (Phi) is 6.09. The molecular weight excluding hydrogens is 342 g/mol. The van der Waals surface area contributed by atoms with E-state index >= 15 is 0 Å². The molecule has 0 amide bonds. The van der Waals surface area contributed by atoms with Crippen LogP contribution in [0.3, 0.4) is 0 Å². The number of methoxy groups -OCH3 is 1. The second kappa shape index (κ2) is 8.33. The Hall–Kier alpha value is -2.02. The average Bonchev–Trinajstić information content (AvgIpc) is 2.61. The minimum absolute atomic E-state index is 0.0498. The monoisotopic (exact) mass is 371 g/mol. The molecule has 1 aliphatic rings. The second-order valence-electron chi connectivity index (χ2n) is 7.89. The number of nitrogens with zero attached hydrogens (tertiary/aromatic N) is 2. The predicted molar refractivity (Wildman–Crippen MR) is 106 cm³/mol. The van der Waals surface area contributed by atoms with Gasteiger partial charge in [-0.2, -0.15) is 0 Å². The van der Waals surface area contributed by atoms with E-state index in [1.54, 1.807) is 7.11 Å². The maximum Gasteiger partial charge on any atom is 0.251 e. The van der Waals surface area contributed by atoms with Crippen LogP contribution in [0.25, 0.3) is 11.4 Å². The average molecular weight is 371 g/mol. The van der Waals surface area contributed by atoms with E-state index in [1.165, 1.54) is 11.6 Å². The smallest absolute Gasteiger partial charge is 0.251 e. The lowest BCUT2D eigenvalue weighted by Crippen LogP contribution is -2.44. The predicted octanol–water partition coefficient (Wildman–Crippen LogP) is 2.97. The third kappa shape index (κ3) is 5.25. The zero-order valence-corrected chi connectivity index (χ0v) is 16.6. The molecule has 1 saturated heterocycles. The summed E-state index contributed by atoms with van der Waals surface area (Å²) < 4.78 is 10.9. The number of hydrogen-bond donors (Lipinski definition) is 1. The number of rotatable bonds is 6. The first-order chi connectivity index (χ1) is 12.9. The van der Waals surface area contributed by atoms with Crippen LogP contribution in [0.1, 0.15) is 37.9 Å². The molecule has 2 aromatic rings. The van der Waals surface area contributed by atoms with Crippen LogP contribution in [0.5, 0.6) is 0 Å². The van der Waals surface area contributed by atoms with Crippen molar-refractivity contribution in [2.24, 2.45) is 0 Å². The van der Waals surface area contributed by atoms with Gasteiger partial charge in [0, 0.05) is 37.9 Å². The van der Waals surface area contributed by atoms with Crippen LogP contribution in [0.15, 0.2) is 35.1 Å². The summed E-state index contributed by atoms with van der Waals surface area (Å²) in [6, 6.07) is 10.2. The molecule has 1 atom stereocenters. The lowest BCUT2D eigenvalue weighted by molar-refractivity contribution is -0.0809. The summed E-state index contributed by atoms with van der Waals surface area (Å²) in [5, 5.41) is 0. The van der Waals surface area contributed by atoms with Gasteiger partial charge in [0.05, 0.1) is 17.9 Å². The number of H-pyrrole nitrogens is 1. The van der Waals surface area contributed by atoms with E-state index in [0.29, 0.717) is 24.2 Å². The number of aromatic amines is 1. The Morgan fingerprint density at radius 2 is 2.07 bits per heavy atom. The third-order valence-corrected chi connectivity index (χ3v) is 5.04. The molecule has 0 aliphatic carbocycles. The van der Waals surface area contributed by atoms with Gasteiger partial charge in [-0.15, -0.1) is 0 Å². The SMILES string of the molecule is COCc1cc(=O)[nH]c(-c2ccc(CN(C)C3CCOC(C)(C)C3)cc2)n1. The van der Waals surface area contributed by atoms with Gasteiger partial charge in [0.25, 0.3) is 5.56 Å². The molecular formula is C21H29N3O3. The number of nitrogens with one attached hydrogen (secondary N) is 1. The van der Waals surface area contributed by atoms with Crippen LogP contribution in [-0.4, -0.2) is 47.3 Å². The van der Waals surface area contributed by atoms with E-state index in [-0.39, 0.29) is 11.2 Å². The normalized spacial score (nSPS) is 19.4. The molecule has 6 heteroatoms. The fourth-order valence-corrected chi connectivity index (χ4v) is 3.63. The molecule has 0 saturated carbocycles. The molecule has 1 unspecified atom stereocenters. The zero-order chi connectivity index (χ0) is 19.4. The molecule has 1 aromatic carbocycles. The van der Waals surface area contributed by atoms with Gasteiger partial charge < -0.3 is 14.5 Å². The highest BCUT2D eigenvalue weighted by atomic mass is 16.5. The van der Waals surface area contributed by atoms with Gasteiger partial charge in [-0.05, 0) is 39.3 Å². The van der Waals surface area contributed by atoms with Crippen molar-refractivity contribution in [1.29, 1.82) is 0 Å². The van der Waals surface area contributed by atoms with Crippen molar-refractivity contribution in [3.05, 3.63) is 51.9 Å². The van der Waals surface area contributed by atoms with Crippen LogP contribution in [-0.2, 0) is 22.6 Å². The van der Waals surface area contributed by atoms with Gasteiger partial charge in [0.15, 0.2) is 0 Å². The number of ether oxygens (including phenoxy) is 2. The third-order valence-electron chi connectivity index (χ3n) is 5.04. The Morgan fingerprint density at radius 1 is 1.33 bits per heavy atom. The molecule has 1 aromatic heterocycles. The molecule has 6 nitrogen and oxygen atoms in total. The minimum Gasteiger partial charge on any atom is -0.378 e. The molecule has 146 valence electrons. The van der Waals surface area contributed by atoms with E-state index in [4.69, 9.17) is 9.47 Å². The van der Waals surface area contributed by atoms with E-state index in [9.17, 15) is 4.79 Å². The molecule has 1 N–H and O–H groups in total. The fourth-order valence-electron chi connectivity index (χ4n) is 3.63. The van der Waals surface area contributed by atoms with Crippen molar-refractivity contribution in [3.63, 3.8) is 0 Å². The first kappa shape index (κ1) is 19.7. The molecule has 0 bridgehead atoms. The maximum atomic E-state index is 11.8. The number of hydrogen-bond acceptors (Lipinski definition) is 5. The van der Waals surface area contributed by atoms with Gasteiger partial charge in [-0.3, -0.25) is 9.69 Å². The first-order valence-electron chi connectivity index (χ1n) is 9.39. The Bertz CT molecular complexity index is 814. The molecule has 2 heterocycles. The van der Waals surface area contributed by atoms with Crippen molar-refractivity contribution in [1.82, 2.24) is 14.9 Å². The number of aromatic nitrogens is 2. The Balaban J connectivity index is 1.69. The standard InChI is InChI=1S/C21H29N3O3/c1-21(2)12-18(9-10-27-21)24(3)13-15-5-7-16(8-6-15)20-22-17(14-26-4)11-19(25)23-20/h5-8,11,18H,9-10,12-14H2,1-4H3,(H,22,23,25).